The van der Waals surface area contributed by atoms with E-state index in [9.17, 15) is 0 Å². The molecule has 0 aromatic carbocycles. The molecule has 2 atom stereocenters. The van der Waals surface area contributed by atoms with Gasteiger partial charge in [0.25, 0.3) is 0 Å². The van der Waals surface area contributed by atoms with Gasteiger partial charge in [0, 0.05) is 19.1 Å². The minimum Gasteiger partial charge on any atom is -0.381 e. The van der Waals surface area contributed by atoms with Crippen molar-refractivity contribution in [2.45, 2.75) is 32.9 Å². The van der Waals surface area contributed by atoms with Crippen LogP contribution in [-0.2, 0) is 11.3 Å². The molecule has 96 valence electrons. The highest BCUT2D eigenvalue weighted by molar-refractivity contribution is 9.10. The summed E-state index contributed by atoms with van der Waals surface area (Å²) in [6.07, 6.45) is 3.01. The summed E-state index contributed by atoms with van der Waals surface area (Å²) in [6.45, 7) is 7.85. The van der Waals surface area contributed by atoms with Gasteiger partial charge in [-0.2, -0.15) is 5.10 Å². The summed E-state index contributed by atoms with van der Waals surface area (Å²) in [6, 6.07) is 0.333. The molecule has 1 aliphatic rings. The molecular weight excluding hydrogens is 282 g/mol. The van der Waals surface area contributed by atoms with Crippen LogP contribution in [0.5, 0.6) is 0 Å². The maximum Gasteiger partial charge on any atom is 0.0699 e. The SMILES string of the molecule is CCNC(c1c(Br)cnn1CC)C1CCOC1. The van der Waals surface area contributed by atoms with Gasteiger partial charge in [-0.15, -0.1) is 0 Å². The zero-order chi connectivity index (χ0) is 12.3. The lowest BCUT2D eigenvalue weighted by atomic mass is 9.96. The molecule has 1 saturated heterocycles. The normalized spacial score (nSPS) is 21.9. The van der Waals surface area contributed by atoms with Gasteiger partial charge in [-0.05, 0) is 35.8 Å². The fourth-order valence-electron chi connectivity index (χ4n) is 2.46. The zero-order valence-electron chi connectivity index (χ0n) is 10.4. The average molecular weight is 302 g/mol. The number of nitrogens with one attached hydrogen (secondary N) is 1. The number of aromatic nitrogens is 2. The van der Waals surface area contributed by atoms with Crippen LogP contribution < -0.4 is 5.32 Å². The Morgan fingerprint density at radius 2 is 2.47 bits per heavy atom. The Hall–Kier alpha value is -0.390. The van der Waals surface area contributed by atoms with Gasteiger partial charge in [-0.25, -0.2) is 0 Å². The van der Waals surface area contributed by atoms with Gasteiger partial charge >= 0.3 is 0 Å². The molecule has 2 heterocycles. The predicted octanol–water partition coefficient (Wildman–Crippen LogP) is 2.35. The van der Waals surface area contributed by atoms with E-state index in [2.05, 4.69) is 44.9 Å². The molecule has 1 aromatic rings. The first-order valence-electron chi connectivity index (χ1n) is 6.30. The van der Waals surface area contributed by atoms with Crippen LogP contribution in [0, 0.1) is 5.92 Å². The second-order valence-electron chi connectivity index (χ2n) is 4.35. The van der Waals surface area contributed by atoms with Crippen molar-refractivity contribution in [3.05, 3.63) is 16.4 Å². The third kappa shape index (κ3) is 2.72. The molecule has 1 fully saturated rings. The quantitative estimate of drug-likeness (QED) is 0.907. The molecule has 0 spiro atoms. The fraction of sp³-hybridized carbons (Fsp3) is 0.750. The Labute approximate surface area is 111 Å². The van der Waals surface area contributed by atoms with Crippen molar-refractivity contribution < 1.29 is 4.74 Å². The van der Waals surface area contributed by atoms with Gasteiger partial charge in [-0.1, -0.05) is 6.92 Å². The molecule has 5 heteroatoms. The molecule has 0 aliphatic carbocycles. The second kappa shape index (κ2) is 5.98. The van der Waals surface area contributed by atoms with Gasteiger partial charge in [0.2, 0.25) is 0 Å². The molecule has 2 rings (SSSR count). The largest absolute Gasteiger partial charge is 0.381 e. The number of halogens is 1. The Morgan fingerprint density at radius 3 is 3.06 bits per heavy atom. The molecule has 1 aromatic heterocycles. The van der Waals surface area contributed by atoms with Gasteiger partial charge in [0.1, 0.15) is 0 Å². The van der Waals surface area contributed by atoms with Crippen molar-refractivity contribution in [2.75, 3.05) is 19.8 Å². The second-order valence-corrected chi connectivity index (χ2v) is 5.21. The van der Waals surface area contributed by atoms with Gasteiger partial charge in [0.15, 0.2) is 0 Å². The number of aryl methyl sites for hydroxylation is 1. The van der Waals surface area contributed by atoms with E-state index in [1.807, 2.05) is 6.20 Å². The molecule has 4 nitrogen and oxygen atoms in total. The minimum absolute atomic E-state index is 0.333. The zero-order valence-corrected chi connectivity index (χ0v) is 12.0. The first-order valence-corrected chi connectivity index (χ1v) is 7.09. The molecule has 1 N–H and O–H groups in total. The Kier molecular flexibility index (Phi) is 4.59. The van der Waals surface area contributed by atoms with E-state index in [0.29, 0.717) is 12.0 Å². The monoisotopic (exact) mass is 301 g/mol. The number of ether oxygens (including phenoxy) is 1. The van der Waals surface area contributed by atoms with Gasteiger partial charge in [-0.3, -0.25) is 4.68 Å². The van der Waals surface area contributed by atoms with E-state index in [0.717, 1.165) is 37.2 Å². The summed E-state index contributed by atoms with van der Waals surface area (Å²) in [5.74, 6) is 0.549. The summed E-state index contributed by atoms with van der Waals surface area (Å²) in [7, 11) is 0. The van der Waals surface area contributed by atoms with E-state index in [1.165, 1.54) is 5.69 Å². The Balaban J connectivity index is 2.27. The number of hydrogen-bond donors (Lipinski definition) is 1. The van der Waals surface area contributed by atoms with Gasteiger partial charge < -0.3 is 10.1 Å². The molecular formula is C12H20BrN3O. The molecule has 0 bridgehead atoms. The van der Waals surface area contributed by atoms with Crippen LogP contribution in [0.3, 0.4) is 0 Å². The highest BCUT2D eigenvalue weighted by Crippen LogP contribution is 2.32. The van der Waals surface area contributed by atoms with Gasteiger partial charge in [0.05, 0.1) is 29.0 Å². The van der Waals surface area contributed by atoms with Crippen LogP contribution in [0.25, 0.3) is 0 Å². The highest BCUT2D eigenvalue weighted by Gasteiger charge is 2.30. The Bertz CT molecular complexity index is 361. The van der Waals surface area contributed by atoms with E-state index in [-0.39, 0.29) is 0 Å². The van der Waals surface area contributed by atoms with Crippen molar-refractivity contribution in [1.29, 1.82) is 0 Å². The molecule has 2 unspecified atom stereocenters. The Morgan fingerprint density at radius 1 is 1.65 bits per heavy atom. The lowest BCUT2D eigenvalue weighted by molar-refractivity contribution is 0.175. The number of hydrogen-bond acceptors (Lipinski definition) is 3. The molecule has 17 heavy (non-hydrogen) atoms. The third-order valence-electron chi connectivity index (χ3n) is 3.29. The van der Waals surface area contributed by atoms with Crippen LogP contribution >= 0.6 is 15.9 Å². The smallest absolute Gasteiger partial charge is 0.0699 e. The standard InChI is InChI=1S/C12H20BrN3O/c1-3-14-11(9-5-6-17-8-9)12-10(13)7-15-16(12)4-2/h7,9,11,14H,3-6,8H2,1-2H3. The van der Waals surface area contributed by atoms with Crippen molar-refractivity contribution in [2.24, 2.45) is 5.92 Å². The number of nitrogens with zero attached hydrogens (tertiary/aromatic N) is 2. The highest BCUT2D eigenvalue weighted by atomic mass is 79.9. The van der Waals surface area contributed by atoms with Crippen LogP contribution in [0.2, 0.25) is 0 Å². The van der Waals surface area contributed by atoms with Crippen LogP contribution in [-0.4, -0.2) is 29.5 Å². The van der Waals surface area contributed by atoms with Crippen molar-refractivity contribution in [3.8, 4) is 0 Å². The summed E-state index contributed by atoms with van der Waals surface area (Å²) < 4.78 is 8.67. The maximum absolute atomic E-state index is 5.51. The van der Waals surface area contributed by atoms with Crippen molar-refractivity contribution in [3.63, 3.8) is 0 Å². The molecule has 1 aliphatic heterocycles. The van der Waals surface area contributed by atoms with Crippen molar-refractivity contribution in [1.82, 2.24) is 15.1 Å². The maximum atomic E-state index is 5.51. The van der Waals surface area contributed by atoms with E-state index in [4.69, 9.17) is 4.74 Å². The molecule has 0 saturated carbocycles. The lowest BCUT2D eigenvalue weighted by Crippen LogP contribution is -2.31. The van der Waals surface area contributed by atoms with Crippen LogP contribution in [0.15, 0.2) is 10.7 Å². The average Bonchev–Trinajstić information content (AvgIpc) is 2.95. The third-order valence-corrected chi connectivity index (χ3v) is 3.90. The first-order chi connectivity index (χ1) is 8.27. The van der Waals surface area contributed by atoms with Crippen LogP contribution in [0.4, 0.5) is 0 Å². The predicted molar refractivity (Wildman–Crippen MR) is 70.9 cm³/mol. The van der Waals surface area contributed by atoms with E-state index in [1.54, 1.807) is 0 Å². The topological polar surface area (TPSA) is 39.1 Å². The molecule has 0 amide bonds. The summed E-state index contributed by atoms with van der Waals surface area (Å²) in [4.78, 5) is 0. The number of rotatable bonds is 5. The van der Waals surface area contributed by atoms with Crippen LogP contribution in [0.1, 0.15) is 32.0 Å². The van der Waals surface area contributed by atoms with E-state index >= 15 is 0 Å². The molecule has 0 radical (unpaired) electrons. The minimum atomic E-state index is 0.333. The fourth-order valence-corrected chi connectivity index (χ4v) is 3.00. The van der Waals surface area contributed by atoms with E-state index < -0.39 is 0 Å². The first kappa shape index (κ1) is 13.1. The summed E-state index contributed by atoms with van der Waals surface area (Å²) in [5, 5.41) is 7.97. The lowest BCUT2D eigenvalue weighted by Gasteiger charge is -2.24. The summed E-state index contributed by atoms with van der Waals surface area (Å²) in [5.41, 5.74) is 1.25. The van der Waals surface area contributed by atoms with Crippen molar-refractivity contribution >= 4 is 15.9 Å². The summed E-state index contributed by atoms with van der Waals surface area (Å²) >= 11 is 3.61.